The largest absolute Gasteiger partial charge is 0.409 e. The Hall–Kier alpha value is -0.420. The minimum atomic E-state index is 0.00255. The predicted octanol–water partition coefficient (Wildman–Crippen LogP) is 1.78. The third-order valence-corrected chi connectivity index (χ3v) is 4.47. The lowest BCUT2D eigenvalue weighted by Gasteiger charge is -2.33. The van der Waals surface area contributed by atoms with E-state index in [1.54, 1.807) is 0 Å². The number of rotatable bonds is 5. The lowest BCUT2D eigenvalue weighted by molar-refractivity contribution is 0.309. The monoisotopic (exact) mass is 245 g/mol. The summed E-state index contributed by atoms with van der Waals surface area (Å²) in [4.78, 5) is 0. The fourth-order valence-electron chi connectivity index (χ4n) is 2.31. The summed E-state index contributed by atoms with van der Waals surface area (Å²) in [6.07, 6.45) is 8.08. The van der Waals surface area contributed by atoms with Gasteiger partial charge in [-0.3, -0.25) is 0 Å². The molecule has 0 aliphatic heterocycles. The van der Waals surface area contributed by atoms with Crippen LogP contribution >= 0.6 is 11.8 Å². The summed E-state index contributed by atoms with van der Waals surface area (Å²) in [5.74, 6) is 0.299. The number of nitrogens with one attached hydrogen (secondary N) is 1. The molecule has 0 aromatic carbocycles. The summed E-state index contributed by atoms with van der Waals surface area (Å²) in [5.41, 5.74) is 5.66. The number of amidine groups is 1. The predicted molar refractivity (Wildman–Crippen MR) is 70.2 cm³/mol. The number of thioether (sulfide) groups is 1. The molecule has 1 aliphatic rings. The molecule has 1 aliphatic carbocycles. The van der Waals surface area contributed by atoms with E-state index in [9.17, 15) is 0 Å². The highest BCUT2D eigenvalue weighted by Crippen LogP contribution is 2.27. The molecule has 5 heteroatoms. The molecule has 4 nitrogen and oxygen atoms in total. The van der Waals surface area contributed by atoms with Crippen LogP contribution in [0.3, 0.4) is 0 Å². The summed E-state index contributed by atoms with van der Waals surface area (Å²) in [6, 6.07) is 0.497. The molecule has 3 atom stereocenters. The molecule has 4 N–H and O–H groups in total. The Balaban J connectivity index is 2.55. The first-order valence-corrected chi connectivity index (χ1v) is 7.28. The Morgan fingerprint density at radius 1 is 1.56 bits per heavy atom. The zero-order chi connectivity index (χ0) is 12.0. The second kappa shape index (κ2) is 7.01. The van der Waals surface area contributed by atoms with E-state index in [2.05, 4.69) is 16.7 Å². The van der Waals surface area contributed by atoms with Gasteiger partial charge in [-0.1, -0.05) is 24.9 Å². The highest BCUT2D eigenvalue weighted by molar-refractivity contribution is 7.99. The summed E-state index contributed by atoms with van der Waals surface area (Å²) >= 11 is 1.92. The lowest BCUT2D eigenvalue weighted by Crippen LogP contribution is -2.50. The van der Waals surface area contributed by atoms with Crippen LogP contribution in [0.5, 0.6) is 0 Å². The van der Waals surface area contributed by atoms with Gasteiger partial charge < -0.3 is 16.3 Å². The van der Waals surface area contributed by atoms with Crippen molar-refractivity contribution in [3.8, 4) is 0 Å². The Kier molecular flexibility index (Phi) is 5.98. The number of hydrogen-bond acceptors (Lipinski definition) is 4. The summed E-state index contributed by atoms with van der Waals surface area (Å²) < 4.78 is 0. The Labute approximate surface area is 102 Å². The van der Waals surface area contributed by atoms with Gasteiger partial charge in [-0.15, -0.1) is 0 Å². The van der Waals surface area contributed by atoms with Crippen molar-refractivity contribution in [2.45, 2.75) is 56.4 Å². The van der Waals surface area contributed by atoms with Crippen molar-refractivity contribution >= 4 is 17.6 Å². The van der Waals surface area contributed by atoms with Crippen molar-refractivity contribution in [3.05, 3.63) is 0 Å². The SMILES string of the molecule is CCC(NC1CCCCC1SC)C(N)=NO. The number of hydrogen-bond donors (Lipinski definition) is 3. The molecule has 0 amide bonds. The van der Waals surface area contributed by atoms with Gasteiger partial charge in [0.05, 0.1) is 6.04 Å². The van der Waals surface area contributed by atoms with Gasteiger partial charge >= 0.3 is 0 Å². The van der Waals surface area contributed by atoms with E-state index in [1.165, 1.54) is 25.7 Å². The van der Waals surface area contributed by atoms with Crippen molar-refractivity contribution in [1.82, 2.24) is 5.32 Å². The van der Waals surface area contributed by atoms with Crippen molar-refractivity contribution in [3.63, 3.8) is 0 Å². The molecular weight excluding hydrogens is 222 g/mol. The van der Waals surface area contributed by atoms with Crippen LogP contribution in [0.1, 0.15) is 39.0 Å². The molecule has 0 saturated heterocycles. The third-order valence-electron chi connectivity index (χ3n) is 3.30. The van der Waals surface area contributed by atoms with Crippen molar-refractivity contribution in [2.24, 2.45) is 10.9 Å². The molecule has 0 radical (unpaired) electrons. The molecule has 1 rings (SSSR count). The van der Waals surface area contributed by atoms with Crippen LogP contribution in [0.2, 0.25) is 0 Å². The van der Waals surface area contributed by atoms with Gasteiger partial charge in [-0.05, 0) is 25.5 Å². The summed E-state index contributed by atoms with van der Waals surface area (Å²) in [6.45, 7) is 2.05. The Bertz CT molecular complexity index is 235. The zero-order valence-corrected chi connectivity index (χ0v) is 11.0. The standard InChI is InChI=1S/C11H23N3OS/c1-3-8(11(12)14-15)13-9-6-4-5-7-10(9)16-2/h8-10,13,15H,3-7H2,1-2H3,(H2,12,14). The molecule has 0 aromatic heterocycles. The highest BCUT2D eigenvalue weighted by Gasteiger charge is 2.27. The van der Waals surface area contributed by atoms with Crippen LogP contribution in [0, 0.1) is 0 Å². The molecule has 0 heterocycles. The molecule has 3 unspecified atom stereocenters. The van der Waals surface area contributed by atoms with Gasteiger partial charge in [-0.25, -0.2) is 0 Å². The maximum Gasteiger partial charge on any atom is 0.156 e. The number of nitrogens with two attached hydrogens (primary N) is 1. The van der Waals surface area contributed by atoms with Gasteiger partial charge in [0, 0.05) is 11.3 Å². The van der Waals surface area contributed by atoms with Crippen molar-refractivity contribution < 1.29 is 5.21 Å². The minimum absolute atomic E-state index is 0.00255. The van der Waals surface area contributed by atoms with Gasteiger partial charge in [-0.2, -0.15) is 11.8 Å². The van der Waals surface area contributed by atoms with E-state index in [4.69, 9.17) is 10.9 Å². The smallest absolute Gasteiger partial charge is 0.156 e. The molecule has 1 fully saturated rings. The van der Waals surface area contributed by atoms with Gasteiger partial charge in [0.25, 0.3) is 0 Å². The van der Waals surface area contributed by atoms with Crippen LogP contribution in [-0.2, 0) is 0 Å². The topological polar surface area (TPSA) is 70.6 Å². The van der Waals surface area contributed by atoms with Crippen molar-refractivity contribution in [2.75, 3.05) is 6.26 Å². The van der Waals surface area contributed by atoms with E-state index in [-0.39, 0.29) is 6.04 Å². The van der Waals surface area contributed by atoms with E-state index in [0.29, 0.717) is 17.1 Å². The fraction of sp³-hybridized carbons (Fsp3) is 0.909. The van der Waals surface area contributed by atoms with E-state index >= 15 is 0 Å². The second-order valence-electron chi connectivity index (χ2n) is 4.32. The first kappa shape index (κ1) is 13.6. The molecule has 16 heavy (non-hydrogen) atoms. The van der Waals surface area contributed by atoms with Gasteiger partial charge in [0.15, 0.2) is 5.84 Å². The van der Waals surface area contributed by atoms with Gasteiger partial charge in [0.1, 0.15) is 0 Å². The van der Waals surface area contributed by atoms with Crippen LogP contribution < -0.4 is 11.1 Å². The normalized spacial score (nSPS) is 29.0. The summed E-state index contributed by atoms with van der Waals surface area (Å²) in [5, 5.41) is 16.0. The van der Waals surface area contributed by atoms with Crippen LogP contribution in [0.4, 0.5) is 0 Å². The first-order chi connectivity index (χ1) is 7.72. The second-order valence-corrected chi connectivity index (χ2v) is 5.39. The lowest BCUT2D eigenvalue weighted by atomic mass is 9.94. The van der Waals surface area contributed by atoms with Gasteiger partial charge in [0.2, 0.25) is 0 Å². The maximum absolute atomic E-state index is 8.71. The maximum atomic E-state index is 8.71. The fourth-order valence-corrected chi connectivity index (χ4v) is 3.26. The first-order valence-electron chi connectivity index (χ1n) is 5.99. The third kappa shape index (κ3) is 3.56. The van der Waals surface area contributed by atoms with Crippen LogP contribution in [-0.4, -0.2) is 34.6 Å². The van der Waals surface area contributed by atoms with E-state index in [1.807, 2.05) is 18.7 Å². The average molecular weight is 245 g/mol. The van der Waals surface area contributed by atoms with Crippen LogP contribution in [0.15, 0.2) is 5.16 Å². The van der Waals surface area contributed by atoms with Crippen molar-refractivity contribution in [1.29, 1.82) is 0 Å². The Morgan fingerprint density at radius 2 is 2.25 bits per heavy atom. The molecule has 0 bridgehead atoms. The van der Waals surface area contributed by atoms with E-state index < -0.39 is 0 Å². The number of oxime groups is 1. The van der Waals surface area contributed by atoms with Crippen LogP contribution in [0.25, 0.3) is 0 Å². The minimum Gasteiger partial charge on any atom is -0.409 e. The average Bonchev–Trinajstić information content (AvgIpc) is 2.35. The molecule has 94 valence electrons. The molecular formula is C11H23N3OS. The highest BCUT2D eigenvalue weighted by atomic mass is 32.2. The number of nitrogens with zero attached hydrogens (tertiary/aromatic N) is 1. The molecule has 0 aromatic rings. The van der Waals surface area contributed by atoms with E-state index in [0.717, 1.165) is 6.42 Å². The molecule has 0 spiro atoms. The molecule has 1 saturated carbocycles. The summed E-state index contributed by atoms with van der Waals surface area (Å²) in [7, 11) is 0. The Morgan fingerprint density at radius 3 is 2.81 bits per heavy atom. The quantitative estimate of drug-likeness (QED) is 0.299. The zero-order valence-electron chi connectivity index (χ0n) is 10.1.